The summed E-state index contributed by atoms with van der Waals surface area (Å²) in [6, 6.07) is 8.85. The lowest BCUT2D eigenvalue weighted by molar-refractivity contribution is -0.151. The Balaban J connectivity index is 1.59. The lowest BCUT2D eigenvalue weighted by Gasteiger charge is -2.58. The molecule has 0 heterocycles. The third kappa shape index (κ3) is 1.94. The highest BCUT2D eigenvalue weighted by molar-refractivity contribution is 5.26. The van der Waals surface area contributed by atoms with E-state index >= 15 is 0 Å². The Morgan fingerprint density at radius 2 is 1.79 bits per heavy atom. The van der Waals surface area contributed by atoms with Crippen molar-refractivity contribution in [1.82, 2.24) is 0 Å². The number of aryl methyl sites for hydroxylation is 1. The van der Waals surface area contributed by atoms with Gasteiger partial charge in [-0.25, -0.2) is 0 Å². The predicted molar refractivity (Wildman–Crippen MR) is 76.9 cm³/mol. The van der Waals surface area contributed by atoms with Gasteiger partial charge >= 0.3 is 0 Å². The minimum absolute atomic E-state index is 0.279. The molecule has 0 spiro atoms. The first-order chi connectivity index (χ1) is 9.13. The van der Waals surface area contributed by atoms with Gasteiger partial charge in [0.05, 0.1) is 5.60 Å². The molecule has 1 aromatic rings. The van der Waals surface area contributed by atoms with Crippen molar-refractivity contribution in [3.8, 4) is 0 Å². The predicted octanol–water partition coefficient (Wildman–Crippen LogP) is 3.72. The number of hydrogen-bond donors (Lipinski definition) is 1. The normalized spacial score (nSPS) is 43.7. The standard InChI is InChI=1S/C18H24O/c1-12-4-2-3-5-14(12)8-17-15-6-13-7-16(17)11-18(19,9-13)10-15/h2-5,13,15-17,19H,6-11H2,1H3. The summed E-state index contributed by atoms with van der Waals surface area (Å²) in [5.41, 5.74) is 2.70. The Bertz CT molecular complexity index is 476. The monoisotopic (exact) mass is 256 g/mol. The topological polar surface area (TPSA) is 20.2 Å². The van der Waals surface area contributed by atoms with Gasteiger partial charge in [-0.3, -0.25) is 0 Å². The summed E-state index contributed by atoms with van der Waals surface area (Å²) in [4.78, 5) is 0. The summed E-state index contributed by atoms with van der Waals surface area (Å²) in [5.74, 6) is 3.24. The average molecular weight is 256 g/mol. The van der Waals surface area contributed by atoms with Gasteiger partial charge in [-0.2, -0.15) is 0 Å². The average Bonchev–Trinajstić information content (AvgIpc) is 2.34. The molecule has 1 nitrogen and oxygen atoms in total. The zero-order valence-electron chi connectivity index (χ0n) is 11.8. The molecule has 2 unspecified atom stereocenters. The Morgan fingerprint density at radius 1 is 1.11 bits per heavy atom. The summed E-state index contributed by atoms with van der Waals surface area (Å²) < 4.78 is 0. The second-order valence-electron chi connectivity index (χ2n) is 7.49. The molecular formula is C18H24O. The van der Waals surface area contributed by atoms with E-state index in [2.05, 4.69) is 31.2 Å². The molecule has 0 amide bonds. The van der Waals surface area contributed by atoms with Gasteiger partial charge in [0.25, 0.3) is 0 Å². The van der Waals surface area contributed by atoms with Crippen molar-refractivity contribution in [2.24, 2.45) is 23.7 Å². The molecule has 4 fully saturated rings. The van der Waals surface area contributed by atoms with Gasteiger partial charge in [0.2, 0.25) is 0 Å². The molecule has 0 saturated heterocycles. The molecule has 1 N–H and O–H groups in total. The molecule has 2 atom stereocenters. The molecular weight excluding hydrogens is 232 g/mol. The zero-order valence-corrected chi connectivity index (χ0v) is 11.8. The van der Waals surface area contributed by atoms with Crippen LogP contribution in [0.5, 0.6) is 0 Å². The minimum atomic E-state index is -0.279. The summed E-state index contributed by atoms with van der Waals surface area (Å²) in [7, 11) is 0. The van der Waals surface area contributed by atoms with Crippen molar-refractivity contribution in [2.75, 3.05) is 0 Å². The number of aliphatic hydroxyl groups is 1. The lowest BCUT2D eigenvalue weighted by Crippen LogP contribution is -2.55. The van der Waals surface area contributed by atoms with E-state index in [1.54, 1.807) is 0 Å². The first kappa shape index (κ1) is 12.0. The van der Waals surface area contributed by atoms with Crippen molar-refractivity contribution < 1.29 is 5.11 Å². The number of rotatable bonds is 2. The van der Waals surface area contributed by atoms with Gasteiger partial charge in [-0.1, -0.05) is 24.3 Å². The van der Waals surface area contributed by atoms with Crippen LogP contribution in [0.4, 0.5) is 0 Å². The number of hydrogen-bond acceptors (Lipinski definition) is 1. The molecule has 4 aliphatic carbocycles. The van der Waals surface area contributed by atoms with Crippen LogP contribution in [0.15, 0.2) is 24.3 Å². The van der Waals surface area contributed by atoms with E-state index in [1.165, 1.54) is 30.4 Å². The summed E-state index contributed by atoms with van der Waals surface area (Å²) in [6.45, 7) is 2.24. The van der Waals surface area contributed by atoms with Gasteiger partial charge in [0, 0.05) is 0 Å². The molecule has 5 rings (SSSR count). The van der Waals surface area contributed by atoms with Crippen molar-refractivity contribution in [2.45, 2.75) is 51.0 Å². The maximum atomic E-state index is 10.6. The summed E-state index contributed by atoms with van der Waals surface area (Å²) in [6.07, 6.45) is 7.26. The maximum Gasteiger partial charge on any atom is 0.0656 e. The van der Waals surface area contributed by atoms with Gasteiger partial charge in [-0.15, -0.1) is 0 Å². The third-order valence-corrected chi connectivity index (χ3v) is 6.15. The highest BCUT2D eigenvalue weighted by atomic mass is 16.3. The smallest absolute Gasteiger partial charge is 0.0656 e. The van der Waals surface area contributed by atoms with E-state index in [9.17, 15) is 5.11 Å². The number of benzene rings is 1. The molecule has 4 bridgehead atoms. The molecule has 4 saturated carbocycles. The first-order valence-corrected chi connectivity index (χ1v) is 7.90. The highest BCUT2D eigenvalue weighted by Crippen LogP contribution is 2.58. The van der Waals surface area contributed by atoms with E-state index in [1.807, 2.05) is 0 Å². The van der Waals surface area contributed by atoms with Crippen LogP contribution in [0, 0.1) is 30.6 Å². The fourth-order valence-electron chi connectivity index (χ4n) is 5.51. The molecule has 0 aromatic heterocycles. The second kappa shape index (κ2) is 4.09. The fraction of sp³-hybridized carbons (Fsp3) is 0.667. The molecule has 102 valence electrons. The summed E-state index contributed by atoms with van der Waals surface area (Å²) in [5, 5.41) is 10.6. The van der Waals surface area contributed by atoms with Crippen LogP contribution in [-0.2, 0) is 6.42 Å². The minimum Gasteiger partial charge on any atom is -0.390 e. The molecule has 1 aromatic carbocycles. The maximum absolute atomic E-state index is 10.6. The SMILES string of the molecule is Cc1ccccc1CC1C2CC3CC1CC(O)(C3)C2. The van der Waals surface area contributed by atoms with Crippen LogP contribution in [0.25, 0.3) is 0 Å². The lowest BCUT2D eigenvalue weighted by atomic mass is 9.49. The molecule has 0 aliphatic heterocycles. The molecule has 19 heavy (non-hydrogen) atoms. The Hall–Kier alpha value is -0.820. The molecule has 0 radical (unpaired) electrons. The Morgan fingerprint density at radius 3 is 2.42 bits per heavy atom. The van der Waals surface area contributed by atoms with Gasteiger partial charge in [-0.05, 0) is 80.2 Å². The van der Waals surface area contributed by atoms with Crippen molar-refractivity contribution >= 4 is 0 Å². The van der Waals surface area contributed by atoms with Gasteiger partial charge in [0.15, 0.2) is 0 Å². The van der Waals surface area contributed by atoms with Crippen LogP contribution >= 0.6 is 0 Å². The largest absolute Gasteiger partial charge is 0.390 e. The highest BCUT2D eigenvalue weighted by Gasteiger charge is 2.54. The van der Waals surface area contributed by atoms with E-state index in [-0.39, 0.29) is 5.60 Å². The Kier molecular flexibility index (Phi) is 2.57. The van der Waals surface area contributed by atoms with E-state index in [0.717, 1.165) is 42.9 Å². The fourth-order valence-corrected chi connectivity index (χ4v) is 5.51. The van der Waals surface area contributed by atoms with Crippen molar-refractivity contribution in [3.05, 3.63) is 35.4 Å². The van der Waals surface area contributed by atoms with Gasteiger partial charge < -0.3 is 5.11 Å². The Labute approximate surface area is 116 Å². The van der Waals surface area contributed by atoms with E-state index < -0.39 is 0 Å². The second-order valence-corrected chi connectivity index (χ2v) is 7.49. The van der Waals surface area contributed by atoms with E-state index in [4.69, 9.17) is 0 Å². The third-order valence-electron chi connectivity index (χ3n) is 6.15. The van der Waals surface area contributed by atoms with Crippen LogP contribution in [0.2, 0.25) is 0 Å². The van der Waals surface area contributed by atoms with Crippen molar-refractivity contribution in [3.63, 3.8) is 0 Å². The van der Waals surface area contributed by atoms with Crippen molar-refractivity contribution in [1.29, 1.82) is 0 Å². The van der Waals surface area contributed by atoms with E-state index in [0.29, 0.717) is 0 Å². The summed E-state index contributed by atoms with van der Waals surface area (Å²) >= 11 is 0. The van der Waals surface area contributed by atoms with Gasteiger partial charge in [0.1, 0.15) is 0 Å². The van der Waals surface area contributed by atoms with Crippen LogP contribution in [0.1, 0.15) is 43.2 Å². The quantitative estimate of drug-likeness (QED) is 0.855. The zero-order chi connectivity index (χ0) is 13.0. The van der Waals surface area contributed by atoms with Crippen LogP contribution in [-0.4, -0.2) is 10.7 Å². The van der Waals surface area contributed by atoms with Crippen LogP contribution < -0.4 is 0 Å². The molecule has 4 aliphatic rings. The first-order valence-electron chi connectivity index (χ1n) is 7.90. The van der Waals surface area contributed by atoms with Crippen LogP contribution in [0.3, 0.4) is 0 Å². The molecule has 1 heteroatoms.